The summed E-state index contributed by atoms with van der Waals surface area (Å²) in [5, 5.41) is 4.59. The number of hydrogen-bond acceptors (Lipinski definition) is 4. The van der Waals surface area contributed by atoms with Gasteiger partial charge in [0, 0.05) is 17.5 Å². The molecule has 0 radical (unpaired) electrons. The van der Waals surface area contributed by atoms with Crippen LogP contribution in [0.15, 0.2) is 6.20 Å². The van der Waals surface area contributed by atoms with Crippen LogP contribution < -0.4 is 5.32 Å². The van der Waals surface area contributed by atoms with E-state index < -0.39 is 0 Å². The molecule has 14 heavy (non-hydrogen) atoms. The number of nitrogens with one attached hydrogen (secondary N) is 1. The van der Waals surface area contributed by atoms with Gasteiger partial charge in [-0.1, -0.05) is 6.42 Å². The summed E-state index contributed by atoms with van der Waals surface area (Å²) in [6.45, 7) is 1.09. The first-order valence-electron chi connectivity index (χ1n) is 5.02. The molecule has 0 saturated carbocycles. The third-order valence-electron chi connectivity index (χ3n) is 2.46. The summed E-state index contributed by atoms with van der Waals surface area (Å²) in [4.78, 5) is 15.8. The number of hydrogen-bond donors (Lipinski definition) is 1. The number of nitrogens with zero attached hydrogens (tertiary/aromatic N) is 1. The van der Waals surface area contributed by atoms with Gasteiger partial charge >= 0.3 is 0 Å². The Labute approximate surface area is 87.6 Å². The van der Waals surface area contributed by atoms with E-state index in [1.54, 1.807) is 11.3 Å². The summed E-state index contributed by atoms with van der Waals surface area (Å²) in [6, 6.07) is 0.425. The Hall–Kier alpha value is -0.740. The predicted octanol–water partition coefficient (Wildman–Crippen LogP) is 1.70. The van der Waals surface area contributed by atoms with E-state index in [0.717, 1.165) is 22.7 Å². The molecule has 1 aliphatic heterocycles. The van der Waals surface area contributed by atoms with E-state index in [-0.39, 0.29) is 0 Å². The summed E-state index contributed by atoms with van der Waals surface area (Å²) in [5.41, 5.74) is 0. The zero-order chi connectivity index (χ0) is 9.80. The van der Waals surface area contributed by atoms with Gasteiger partial charge in [-0.3, -0.25) is 0 Å². The van der Waals surface area contributed by atoms with E-state index in [1.165, 1.54) is 19.3 Å². The Morgan fingerprint density at radius 2 is 2.57 bits per heavy atom. The first kappa shape index (κ1) is 9.80. The van der Waals surface area contributed by atoms with Gasteiger partial charge in [-0.05, 0) is 19.4 Å². The van der Waals surface area contributed by atoms with Gasteiger partial charge in [0.05, 0.1) is 6.04 Å². The first-order valence-corrected chi connectivity index (χ1v) is 5.83. The highest BCUT2D eigenvalue weighted by atomic mass is 32.1. The van der Waals surface area contributed by atoms with E-state index in [4.69, 9.17) is 0 Å². The maximum atomic E-state index is 10.3. The molecule has 1 unspecified atom stereocenters. The van der Waals surface area contributed by atoms with Crippen molar-refractivity contribution in [2.45, 2.75) is 31.7 Å². The van der Waals surface area contributed by atoms with Gasteiger partial charge in [-0.2, -0.15) is 0 Å². The molecule has 1 aromatic rings. The molecule has 1 aliphatic rings. The minimum absolute atomic E-state index is 0.425. The van der Waals surface area contributed by atoms with E-state index in [1.807, 2.05) is 6.20 Å². The number of rotatable bonds is 3. The molecule has 0 aliphatic carbocycles. The molecule has 2 rings (SSSR count). The Balaban J connectivity index is 2.03. The average molecular weight is 210 g/mol. The lowest BCUT2D eigenvalue weighted by Gasteiger charge is -2.21. The molecule has 3 nitrogen and oxygen atoms in total. The highest BCUT2D eigenvalue weighted by Gasteiger charge is 2.17. The Kier molecular flexibility index (Phi) is 3.26. The standard InChI is InChI=1S/C10H14N2OS/c13-6-4-8-7-12-10(14-8)9-3-1-2-5-11-9/h6-7,9,11H,1-5H2. The summed E-state index contributed by atoms with van der Waals surface area (Å²) >= 11 is 1.66. The summed E-state index contributed by atoms with van der Waals surface area (Å²) in [5.74, 6) is 0. The highest BCUT2D eigenvalue weighted by molar-refractivity contribution is 7.11. The second-order valence-electron chi connectivity index (χ2n) is 3.54. The van der Waals surface area contributed by atoms with Gasteiger partial charge < -0.3 is 10.1 Å². The Morgan fingerprint density at radius 3 is 3.29 bits per heavy atom. The van der Waals surface area contributed by atoms with Crippen LogP contribution in [0.4, 0.5) is 0 Å². The fourth-order valence-electron chi connectivity index (χ4n) is 1.72. The van der Waals surface area contributed by atoms with E-state index >= 15 is 0 Å². The monoisotopic (exact) mass is 210 g/mol. The van der Waals surface area contributed by atoms with Gasteiger partial charge in [-0.25, -0.2) is 4.98 Å². The number of piperidine rings is 1. The van der Waals surface area contributed by atoms with Crippen LogP contribution in [0.2, 0.25) is 0 Å². The van der Waals surface area contributed by atoms with Crippen LogP contribution in [0.3, 0.4) is 0 Å². The van der Waals surface area contributed by atoms with Gasteiger partial charge in [0.2, 0.25) is 0 Å². The van der Waals surface area contributed by atoms with Crippen molar-refractivity contribution >= 4 is 17.6 Å². The lowest BCUT2D eigenvalue weighted by Crippen LogP contribution is -2.26. The minimum atomic E-state index is 0.425. The molecule has 4 heteroatoms. The molecule has 1 N–H and O–H groups in total. The van der Waals surface area contributed by atoms with E-state index in [2.05, 4.69) is 10.3 Å². The zero-order valence-electron chi connectivity index (χ0n) is 8.03. The molecule has 0 amide bonds. The van der Waals surface area contributed by atoms with Crippen LogP contribution in [0, 0.1) is 0 Å². The molecular formula is C10H14N2OS. The van der Waals surface area contributed by atoms with Crippen molar-refractivity contribution in [2.75, 3.05) is 6.54 Å². The highest BCUT2D eigenvalue weighted by Crippen LogP contribution is 2.26. The van der Waals surface area contributed by atoms with Crippen molar-refractivity contribution in [3.8, 4) is 0 Å². The van der Waals surface area contributed by atoms with Gasteiger partial charge in [0.15, 0.2) is 0 Å². The molecule has 1 atom stereocenters. The maximum absolute atomic E-state index is 10.3. The minimum Gasteiger partial charge on any atom is -0.308 e. The van der Waals surface area contributed by atoms with Crippen molar-refractivity contribution in [3.63, 3.8) is 0 Å². The van der Waals surface area contributed by atoms with Gasteiger partial charge in [0.1, 0.15) is 11.3 Å². The SMILES string of the molecule is O=CCc1cnc(C2CCCCN2)s1. The van der Waals surface area contributed by atoms with Crippen LogP contribution in [0.25, 0.3) is 0 Å². The topological polar surface area (TPSA) is 42.0 Å². The van der Waals surface area contributed by atoms with Crippen LogP contribution >= 0.6 is 11.3 Å². The van der Waals surface area contributed by atoms with Crippen LogP contribution in [-0.4, -0.2) is 17.8 Å². The van der Waals surface area contributed by atoms with Crippen molar-refractivity contribution in [1.29, 1.82) is 0 Å². The van der Waals surface area contributed by atoms with Crippen molar-refractivity contribution in [1.82, 2.24) is 10.3 Å². The second-order valence-corrected chi connectivity index (χ2v) is 4.68. The fraction of sp³-hybridized carbons (Fsp3) is 0.600. The quantitative estimate of drug-likeness (QED) is 0.772. The zero-order valence-corrected chi connectivity index (χ0v) is 8.85. The Morgan fingerprint density at radius 1 is 1.64 bits per heavy atom. The third-order valence-corrected chi connectivity index (χ3v) is 3.60. The lowest BCUT2D eigenvalue weighted by atomic mass is 10.1. The first-order chi connectivity index (χ1) is 6.90. The summed E-state index contributed by atoms with van der Waals surface area (Å²) in [6.07, 6.45) is 6.98. The molecule has 1 aromatic heterocycles. The third kappa shape index (κ3) is 2.19. The number of carbonyl (C=O) groups excluding carboxylic acids is 1. The number of thiazole rings is 1. The fourth-order valence-corrected chi connectivity index (χ4v) is 2.70. The molecule has 1 fully saturated rings. The van der Waals surface area contributed by atoms with Crippen LogP contribution in [0.1, 0.15) is 35.2 Å². The predicted molar refractivity (Wildman–Crippen MR) is 56.5 cm³/mol. The van der Waals surface area contributed by atoms with Crippen molar-refractivity contribution in [2.24, 2.45) is 0 Å². The molecule has 76 valence electrons. The van der Waals surface area contributed by atoms with E-state index in [0.29, 0.717) is 12.5 Å². The molecular weight excluding hydrogens is 196 g/mol. The van der Waals surface area contributed by atoms with Gasteiger partial charge in [0.25, 0.3) is 0 Å². The summed E-state index contributed by atoms with van der Waals surface area (Å²) < 4.78 is 0. The molecule has 0 spiro atoms. The van der Waals surface area contributed by atoms with Crippen LogP contribution in [-0.2, 0) is 11.2 Å². The average Bonchev–Trinajstić information content (AvgIpc) is 2.68. The van der Waals surface area contributed by atoms with Crippen molar-refractivity contribution < 1.29 is 4.79 Å². The number of aromatic nitrogens is 1. The van der Waals surface area contributed by atoms with Crippen molar-refractivity contribution in [3.05, 3.63) is 16.1 Å². The molecule has 1 saturated heterocycles. The van der Waals surface area contributed by atoms with Crippen LogP contribution in [0.5, 0.6) is 0 Å². The molecule has 0 bridgehead atoms. The number of aldehydes is 1. The second kappa shape index (κ2) is 4.66. The lowest BCUT2D eigenvalue weighted by molar-refractivity contribution is -0.107. The number of carbonyl (C=O) groups is 1. The Bertz CT molecular complexity index is 305. The summed E-state index contributed by atoms with van der Waals surface area (Å²) in [7, 11) is 0. The molecule has 2 heterocycles. The maximum Gasteiger partial charge on any atom is 0.125 e. The molecule has 0 aromatic carbocycles. The van der Waals surface area contributed by atoms with E-state index in [9.17, 15) is 4.79 Å². The van der Waals surface area contributed by atoms with Gasteiger partial charge in [-0.15, -0.1) is 11.3 Å². The largest absolute Gasteiger partial charge is 0.308 e. The smallest absolute Gasteiger partial charge is 0.125 e. The normalized spacial score (nSPS) is 22.1.